The van der Waals surface area contributed by atoms with Gasteiger partial charge in [0.1, 0.15) is 17.9 Å². The molecule has 186 valence electrons. The summed E-state index contributed by atoms with van der Waals surface area (Å²) >= 11 is 0. The van der Waals surface area contributed by atoms with Crippen LogP contribution in [0.25, 0.3) is 5.69 Å². The molecule has 9 nitrogen and oxygen atoms in total. The number of amidine groups is 1. The van der Waals surface area contributed by atoms with Crippen molar-refractivity contribution in [2.45, 2.75) is 26.1 Å². The second-order valence-electron chi connectivity index (χ2n) is 7.88. The van der Waals surface area contributed by atoms with Crippen molar-refractivity contribution in [2.24, 2.45) is 7.05 Å². The molecule has 0 aliphatic heterocycles. The van der Waals surface area contributed by atoms with Crippen LogP contribution in [0.15, 0.2) is 58.1 Å². The quantitative estimate of drug-likeness (QED) is 0.396. The number of carboxylic acid groups (broad SMARTS) is 1. The van der Waals surface area contributed by atoms with Crippen molar-refractivity contribution in [3.05, 3.63) is 91.8 Å². The lowest BCUT2D eigenvalue weighted by molar-refractivity contribution is -0.138. The van der Waals surface area contributed by atoms with Gasteiger partial charge in [-0.1, -0.05) is 18.2 Å². The summed E-state index contributed by atoms with van der Waals surface area (Å²) in [4.78, 5) is 38.6. The molecule has 0 spiro atoms. The molecule has 1 aromatic heterocycles. The summed E-state index contributed by atoms with van der Waals surface area (Å²) in [6.45, 7) is 1.16. The lowest BCUT2D eigenvalue weighted by Gasteiger charge is -2.27. The van der Waals surface area contributed by atoms with Gasteiger partial charge < -0.3 is 10.0 Å². The second kappa shape index (κ2) is 9.91. The van der Waals surface area contributed by atoms with Gasteiger partial charge in [0.15, 0.2) is 0 Å². The molecule has 36 heavy (non-hydrogen) atoms. The van der Waals surface area contributed by atoms with E-state index >= 15 is 0 Å². The topological polar surface area (TPSA) is 132 Å². The van der Waals surface area contributed by atoms with Gasteiger partial charge in [0, 0.05) is 13.6 Å². The van der Waals surface area contributed by atoms with E-state index in [9.17, 15) is 32.7 Å². The minimum atomic E-state index is -4.68. The van der Waals surface area contributed by atoms with Gasteiger partial charge in [-0.05, 0) is 42.8 Å². The van der Waals surface area contributed by atoms with E-state index in [1.54, 1.807) is 12.1 Å². The zero-order valence-electron chi connectivity index (χ0n) is 19.1. The fraction of sp³-hybridized carbons (Fsp3) is 0.208. The molecule has 0 fully saturated rings. The van der Waals surface area contributed by atoms with E-state index < -0.39 is 41.2 Å². The van der Waals surface area contributed by atoms with Crippen LogP contribution in [0.3, 0.4) is 0 Å². The van der Waals surface area contributed by atoms with Crippen LogP contribution < -0.4 is 16.1 Å². The Labute approximate surface area is 202 Å². The van der Waals surface area contributed by atoms with Crippen molar-refractivity contribution >= 4 is 17.5 Å². The lowest BCUT2D eigenvalue weighted by atomic mass is 10.1. The summed E-state index contributed by atoms with van der Waals surface area (Å²) in [6.07, 6.45) is -5.44. The Balaban J connectivity index is 2.27. The maximum Gasteiger partial charge on any atom is 0.416 e. The minimum Gasteiger partial charge on any atom is -0.481 e. The predicted molar refractivity (Wildman–Crippen MR) is 124 cm³/mol. The monoisotopic (exact) mass is 499 g/mol. The Hall–Kier alpha value is -4.66. The molecule has 0 aliphatic carbocycles. The number of rotatable bonds is 6. The molecule has 12 heteroatoms. The van der Waals surface area contributed by atoms with E-state index in [-0.39, 0.29) is 23.6 Å². The number of hydrogen-bond donors (Lipinski definition) is 2. The van der Waals surface area contributed by atoms with Crippen molar-refractivity contribution < 1.29 is 23.1 Å². The maximum absolute atomic E-state index is 13.3. The van der Waals surface area contributed by atoms with E-state index in [2.05, 4.69) is 0 Å². The average Bonchev–Trinajstić information content (AvgIpc) is 2.82. The number of benzene rings is 2. The first-order chi connectivity index (χ1) is 16.8. The molecule has 0 bridgehead atoms. The Morgan fingerprint density at radius 1 is 1.17 bits per heavy atom. The molecule has 0 radical (unpaired) electrons. The van der Waals surface area contributed by atoms with E-state index in [0.29, 0.717) is 15.7 Å². The number of halogens is 3. The Kier molecular flexibility index (Phi) is 7.14. The van der Waals surface area contributed by atoms with Crippen molar-refractivity contribution in [1.29, 1.82) is 10.7 Å². The molecule has 1 heterocycles. The largest absolute Gasteiger partial charge is 0.481 e. The maximum atomic E-state index is 13.3. The molecular formula is C24H20F3N5O4. The Bertz CT molecular complexity index is 1500. The van der Waals surface area contributed by atoms with Crippen molar-refractivity contribution in [3.8, 4) is 11.8 Å². The highest BCUT2D eigenvalue weighted by Gasteiger charge is 2.31. The highest BCUT2D eigenvalue weighted by molar-refractivity contribution is 6.04. The SMILES string of the molecule is Cc1c(N(Cc2ccc(C#N)cc2)C(=N)CC(=O)O)c(=O)n(C)c(=O)n1-c1cccc(C(F)(F)F)c1. The third kappa shape index (κ3) is 5.20. The third-order valence-corrected chi connectivity index (χ3v) is 5.43. The zero-order chi connectivity index (χ0) is 26.8. The predicted octanol–water partition coefficient (Wildman–Crippen LogP) is 3.19. The van der Waals surface area contributed by atoms with Crippen molar-refractivity contribution in [2.75, 3.05) is 4.90 Å². The van der Waals surface area contributed by atoms with Crippen molar-refractivity contribution in [3.63, 3.8) is 0 Å². The number of carboxylic acids is 1. The average molecular weight is 499 g/mol. The van der Waals surface area contributed by atoms with E-state index in [1.807, 2.05) is 6.07 Å². The smallest absolute Gasteiger partial charge is 0.416 e. The summed E-state index contributed by atoms with van der Waals surface area (Å²) in [5.74, 6) is -1.83. The Morgan fingerprint density at radius 2 is 1.81 bits per heavy atom. The van der Waals surface area contributed by atoms with Gasteiger partial charge in [-0.3, -0.25) is 24.1 Å². The van der Waals surface area contributed by atoms with E-state index in [0.717, 1.165) is 34.7 Å². The molecule has 0 saturated heterocycles. The number of nitrogens with one attached hydrogen (secondary N) is 1. The molecule has 0 amide bonds. The highest BCUT2D eigenvalue weighted by Crippen LogP contribution is 2.30. The first-order valence-corrected chi connectivity index (χ1v) is 10.4. The number of hydrogen-bond acceptors (Lipinski definition) is 5. The number of nitrogens with zero attached hydrogens (tertiary/aromatic N) is 4. The van der Waals surface area contributed by atoms with Crippen LogP contribution in [-0.4, -0.2) is 26.0 Å². The van der Waals surface area contributed by atoms with Gasteiger partial charge in [-0.15, -0.1) is 0 Å². The fourth-order valence-electron chi connectivity index (χ4n) is 3.65. The van der Waals surface area contributed by atoms with Gasteiger partial charge in [0.25, 0.3) is 5.56 Å². The van der Waals surface area contributed by atoms with Crippen LogP contribution in [0.1, 0.15) is 28.8 Å². The lowest BCUT2D eigenvalue weighted by Crippen LogP contribution is -2.44. The van der Waals surface area contributed by atoms with Crippen LogP contribution in [0, 0.1) is 23.7 Å². The van der Waals surface area contributed by atoms with Gasteiger partial charge in [-0.25, -0.2) is 4.79 Å². The fourth-order valence-corrected chi connectivity index (χ4v) is 3.65. The van der Waals surface area contributed by atoms with Crippen LogP contribution in [0.2, 0.25) is 0 Å². The molecular weight excluding hydrogens is 479 g/mol. The molecule has 3 aromatic rings. The number of alkyl halides is 3. The minimum absolute atomic E-state index is 0.0776. The summed E-state index contributed by atoms with van der Waals surface area (Å²) in [5.41, 5.74) is -2.38. The summed E-state index contributed by atoms with van der Waals surface area (Å²) in [5, 5.41) is 26.6. The van der Waals surface area contributed by atoms with Crippen LogP contribution in [0.5, 0.6) is 0 Å². The number of nitriles is 1. The van der Waals surface area contributed by atoms with E-state index in [1.165, 1.54) is 25.1 Å². The van der Waals surface area contributed by atoms with Crippen LogP contribution in [-0.2, 0) is 24.6 Å². The molecule has 0 atom stereocenters. The summed E-state index contributed by atoms with van der Waals surface area (Å²) in [6, 6.07) is 12.1. The zero-order valence-corrected chi connectivity index (χ0v) is 19.1. The molecule has 0 unspecified atom stereocenters. The van der Waals surface area contributed by atoms with Crippen LogP contribution in [0.4, 0.5) is 18.9 Å². The van der Waals surface area contributed by atoms with Crippen molar-refractivity contribution in [1.82, 2.24) is 9.13 Å². The Morgan fingerprint density at radius 3 is 2.36 bits per heavy atom. The standard InChI is InChI=1S/C24H20F3N5O4/c1-14-21(31(19(29)11-20(33)34)13-16-8-6-15(12-28)7-9-16)22(35)30(2)23(36)32(14)18-5-3-4-17(10-18)24(25,26)27/h3-10,29H,11,13H2,1-2H3,(H,33,34). The van der Waals surface area contributed by atoms with Gasteiger partial charge in [0.2, 0.25) is 0 Å². The highest BCUT2D eigenvalue weighted by atomic mass is 19.4. The summed E-state index contributed by atoms with van der Waals surface area (Å²) < 4.78 is 41.5. The van der Waals surface area contributed by atoms with Gasteiger partial charge >= 0.3 is 17.8 Å². The number of anilines is 1. The second-order valence-corrected chi connectivity index (χ2v) is 7.88. The molecule has 0 aliphatic rings. The normalized spacial score (nSPS) is 11.1. The van der Waals surface area contributed by atoms with Gasteiger partial charge in [0.05, 0.1) is 28.6 Å². The molecule has 0 saturated carbocycles. The molecule has 2 N–H and O–H groups in total. The number of carbonyl (C=O) groups is 1. The summed E-state index contributed by atoms with van der Waals surface area (Å²) in [7, 11) is 1.14. The van der Waals surface area contributed by atoms with E-state index in [4.69, 9.17) is 10.7 Å². The third-order valence-electron chi connectivity index (χ3n) is 5.43. The van der Waals surface area contributed by atoms with Crippen LogP contribution >= 0.6 is 0 Å². The molecule has 2 aromatic carbocycles. The number of aromatic nitrogens is 2. The van der Waals surface area contributed by atoms with Gasteiger partial charge in [-0.2, -0.15) is 18.4 Å². The molecule has 3 rings (SSSR count). The first kappa shape index (κ1) is 26.0. The first-order valence-electron chi connectivity index (χ1n) is 10.4. The number of aliphatic carboxylic acids is 1.